The van der Waals surface area contributed by atoms with Gasteiger partial charge in [0.1, 0.15) is 5.75 Å². The second-order valence-electron chi connectivity index (χ2n) is 4.19. The van der Waals surface area contributed by atoms with Gasteiger partial charge in [-0.1, -0.05) is 0 Å². The summed E-state index contributed by atoms with van der Waals surface area (Å²) in [5, 5.41) is 12.5. The van der Waals surface area contributed by atoms with Crippen molar-refractivity contribution in [1.29, 1.82) is 0 Å². The average molecular weight is 238 g/mol. The summed E-state index contributed by atoms with van der Waals surface area (Å²) in [6.45, 7) is 1.88. The Balaban J connectivity index is 1.69. The summed E-state index contributed by atoms with van der Waals surface area (Å²) in [5.74, 6) is 3.68. The van der Waals surface area contributed by atoms with E-state index in [0.29, 0.717) is 0 Å². The molecule has 1 aliphatic rings. The van der Waals surface area contributed by atoms with Gasteiger partial charge in [0.25, 0.3) is 0 Å². The Labute approximate surface area is 101 Å². The number of hydrogen-bond donors (Lipinski definition) is 2. The first-order valence-corrected chi connectivity index (χ1v) is 6.92. The Morgan fingerprint density at radius 2 is 2.19 bits per heavy atom. The van der Waals surface area contributed by atoms with Gasteiger partial charge in [-0.15, -0.1) is 0 Å². The first-order valence-electron chi connectivity index (χ1n) is 5.77. The van der Waals surface area contributed by atoms with E-state index < -0.39 is 0 Å². The highest BCUT2D eigenvalue weighted by molar-refractivity contribution is 7.99. The largest absolute Gasteiger partial charge is 0.506 e. The molecule has 0 bridgehead atoms. The fraction of sp³-hybridized carbons (Fsp3) is 0.583. The molecule has 2 heterocycles. The molecule has 0 aromatic carbocycles. The van der Waals surface area contributed by atoms with Gasteiger partial charge in [0, 0.05) is 6.54 Å². The van der Waals surface area contributed by atoms with Gasteiger partial charge in [-0.2, -0.15) is 11.8 Å². The van der Waals surface area contributed by atoms with Crippen molar-refractivity contribution in [3.63, 3.8) is 0 Å². The molecular formula is C12H18N2OS. The van der Waals surface area contributed by atoms with Crippen molar-refractivity contribution in [2.75, 3.05) is 18.1 Å². The van der Waals surface area contributed by atoms with Crippen molar-refractivity contribution in [1.82, 2.24) is 10.3 Å². The van der Waals surface area contributed by atoms with E-state index in [9.17, 15) is 0 Å². The van der Waals surface area contributed by atoms with Crippen LogP contribution in [0.1, 0.15) is 18.5 Å². The maximum absolute atomic E-state index is 9.10. The minimum Gasteiger partial charge on any atom is -0.506 e. The zero-order valence-electron chi connectivity index (χ0n) is 9.35. The summed E-state index contributed by atoms with van der Waals surface area (Å²) in [7, 11) is 0. The second-order valence-corrected chi connectivity index (χ2v) is 5.42. The lowest BCUT2D eigenvalue weighted by atomic mass is 10.0. The van der Waals surface area contributed by atoms with Crippen LogP contribution in [-0.2, 0) is 6.54 Å². The molecule has 0 aliphatic carbocycles. The molecule has 2 N–H and O–H groups in total. The van der Waals surface area contributed by atoms with Crippen LogP contribution >= 0.6 is 11.8 Å². The molecule has 0 spiro atoms. The van der Waals surface area contributed by atoms with Crippen LogP contribution in [0.25, 0.3) is 0 Å². The third-order valence-electron chi connectivity index (χ3n) is 2.89. The minimum atomic E-state index is 0.230. The molecule has 88 valence electrons. The number of aromatic nitrogens is 1. The van der Waals surface area contributed by atoms with Gasteiger partial charge in [0.15, 0.2) is 0 Å². The summed E-state index contributed by atoms with van der Waals surface area (Å²) in [6, 6.07) is 3.54. The van der Waals surface area contributed by atoms with Crippen molar-refractivity contribution in [3.05, 3.63) is 24.0 Å². The van der Waals surface area contributed by atoms with E-state index in [2.05, 4.69) is 22.1 Å². The Bertz CT molecular complexity index is 309. The molecular weight excluding hydrogens is 220 g/mol. The molecule has 0 amide bonds. The first-order chi connectivity index (χ1) is 7.84. The molecule has 2 rings (SSSR count). The number of aromatic hydroxyl groups is 1. The van der Waals surface area contributed by atoms with E-state index in [1.807, 2.05) is 6.07 Å². The van der Waals surface area contributed by atoms with Gasteiger partial charge < -0.3 is 10.4 Å². The molecule has 3 nitrogen and oxygen atoms in total. The Morgan fingerprint density at radius 1 is 1.38 bits per heavy atom. The summed E-state index contributed by atoms with van der Waals surface area (Å²) < 4.78 is 0. The molecule has 0 radical (unpaired) electrons. The lowest BCUT2D eigenvalue weighted by Gasteiger charge is -2.21. The van der Waals surface area contributed by atoms with Crippen LogP contribution in [-0.4, -0.2) is 28.1 Å². The number of hydrogen-bond acceptors (Lipinski definition) is 4. The van der Waals surface area contributed by atoms with Crippen LogP contribution in [0.4, 0.5) is 0 Å². The number of nitrogens with zero attached hydrogens (tertiary/aromatic N) is 1. The van der Waals surface area contributed by atoms with Gasteiger partial charge in [0.05, 0.1) is 11.9 Å². The minimum absolute atomic E-state index is 0.230. The van der Waals surface area contributed by atoms with Crippen molar-refractivity contribution in [2.24, 2.45) is 5.92 Å². The standard InChI is InChI=1S/C12H18N2OS/c15-12-2-1-11(14-9-12)8-13-7-10-3-5-16-6-4-10/h1-2,9-10,13,15H,3-8H2. The smallest absolute Gasteiger partial charge is 0.133 e. The lowest BCUT2D eigenvalue weighted by molar-refractivity contribution is 0.445. The summed E-state index contributed by atoms with van der Waals surface area (Å²) in [4.78, 5) is 4.14. The van der Waals surface area contributed by atoms with E-state index in [0.717, 1.165) is 24.7 Å². The van der Waals surface area contributed by atoms with Crippen LogP contribution < -0.4 is 5.32 Å². The number of pyridine rings is 1. The zero-order chi connectivity index (χ0) is 11.2. The highest BCUT2D eigenvalue weighted by Crippen LogP contribution is 2.21. The second kappa shape index (κ2) is 6.11. The Morgan fingerprint density at radius 3 is 2.88 bits per heavy atom. The number of thioether (sulfide) groups is 1. The van der Waals surface area contributed by atoms with Gasteiger partial charge in [-0.3, -0.25) is 4.98 Å². The third kappa shape index (κ3) is 3.68. The van der Waals surface area contributed by atoms with E-state index in [1.54, 1.807) is 6.07 Å². The monoisotopic (exact) mass is 238 g/mol. The summed E-state index contributed by atoms with van der Waals surface area (Å²) in [6.07, 6.45) is 4.16. The molecule has 4 heteroatoms. The van der Waals surface area contributed by atoms with E-state index in [1.165, 1.54) is 30.5 Å². The molecule has 0 unspecified atom stereocenters. The van der Waals surface area contributed by atoms with Crippen LogP contribution in [0.2, 0.25) is 0 Å². The SMILES string of the molecule is Oc1ccc(CNCC2CCSCC2)nc1. The van der Waals surface area contributed by atoms with Gasteiger partial charge in [-0.05, 0) is 48.9 Å². The predicted molar refractivity (Wildman–Crippen MR) is 67.7 cm³/mol. The first kappa shape index (κ1) is 11.7. The topological polar surface area (TPSA) is 45.1 Å². The van der Waals surface area contributed by atoms with Gasteiger partial charge in [-0.25, -0.2) is 0 Å². The Kier molecular flexibility index (Phi) is 4.48. The van der Waals surface area contributed by atoms with Crippen molar-refractivity contribution < 1.29 is 5.11 Å². The predicted octanol–water partition coefficient (Wildman–Crippen LogP) is 2.02. The van der Waals surface area contributed by atoms with Crippen LogP contribution in [0, 0.1) is 5.92 Å². The summed E-state index contributed by atoms with van der Waals surface area (Å²) >= 11 is 2.06. The quantitative estimate of drug-likeness (QED) is 0.842. The van der Waals surface area contributed by atoms with Crippen molar-refractivity contribution in [2.45, 2.75) is 19.4 Å². The Hall–Kier alpha value is -0.740. The molecule has 0 atom stereocenters. The molecule has 1 saturated heterocycles. The third-order valence-corrected chi connectivity index (χ3v) is 3.94. The number of rotatable bonds is 4. The maximum Gasteiger partial charge on any atom is 0.133 e. The van der Waals surface area contributed by atoms with Crippen LogP contribution in [0.15, 0.2) is 18.3 Å². The molecule has 1 aromatic heterocycles. The fourth-order valence-electron chi connectivity index (χ4n) is 1.88. The summed E-state index contributed by atoms with van der Waals surface area (Å²) in [5.41, 5.74) is 0.989. The van der Waals surface area contributed by atoms with E-state index in [-0.39, 0.29) is 5.75 Å². The van der Waals surface area contributed by atoms with E-state index in [4.69, 9.17) is 5.11 Å². The van der Waals surface area contributed by atoms with Gasteiger partial charge in [0.2, 0.25) is 0 Å². The van der Waals surface area contributed by atoms with Gasteiger partial charge >= 0.3 is 0 Å². The normalized spacial score (nSPS) is 17.5. The molecule has 0 saturated carbocycles. The number of nitrogens with one attached hydrogen (secondary N) is 1. The fourth-order valence-corrected chi connectivity index (χ4v) is 3.08. The maximum atomic E-state index is 9.10. The molecule has 1 aliphatic heterocycles. The van der Waals surface area contributed by atoms with Crippen LogP contribution in [0.5, 0.6) is 5.75 Å². The highest BCUT2D eigenvalue weighted by Gasteiger charge is 2.12. The lowest BCUT2D eigenvalue weighted by Crippen LogP contribution is -2.25. The van der Waals surface area contributed by atoms with E-state index >= 15 is 0 Å². The highest BCUT2D eigenvalue weighted by atomic mass is 32.2. The zero-order valence-corrected chi connectivity index (χ0v) is 10.2. The van der Waals surface area contributed by atoms with Crippen LogP contribution in [0.3, 0.4) is 0 Å². The molecule has 1 fully saturated rings. The van der Waals surface area contributed by atoms with Crippen molar-refractivity contribution in [3.8, 4) is 5.75 Å². The average Bonchev–Trinajstić information content (AvgIpc) is 2.33. The molecule has 1 aromatic rings. The molecule has 16 heavy (non-hydrogen) atoms. The van der Waals surface area contributed by atoms with Crippen molar-refractivity contribution >= 4 is 11.8 Å².